The predicted molar refractivity (Wildman–Crippen MR) is 59.7 cm³/mol. The summed E-state index contributed by atoms with van der Waals surface area (Å²) in [6, 6.07) is 8.79. The van der Waals surface area contributed by atoms with Crippen molar-refractivity contribution in [1.82, 2.24) is 10.2 Å². The van der Waals surface area contributed by atoms with E-state index in [1.807, 2.05) is 6.20 Å². The Kier molecular flexibility index (Phi) is 1.20. The summed E-state index contributed by atoms with van der Waals surface area (Å²) in [6.45, 7) is 0. The summed E-state index contributed by atoms with van der Waals surface area (Å²) in [4.78, 5) is 0. The van der Waals surface area contributed by atoms with Gasteiger partial charge in [0.1, 0.15) is 0 Å². The maximum absolute atomic E-state index is 9.43. The number of hydrogen-bond acceptors (Lipinski definition) is 2. The van der Waals surface area contributed by atoms with E-state index < -0.39 is 0 Å². The molecule has 1 atom stereocenters. The van der Waals surface area contributed by atoms with Crippen LogP contribution < -0.4 is 0 Å². The molecule has 2 saturated carbocycles. The van der Waals surface area contributed by atoms with Crippen molar-refractivity contribution in [3.05, 3.63) is 30.0 Å². The number of H-pyrrole nitrogens is 1. The fourth-order valence-electron chi connectivity index (χ4n) is 3.05. The number of hydrogen-bond donors (Lipinski definition) is 1. The maximum Gasteiger partial charge on any atom is 0.0885 e. The Morgan fingerprint density at radius 3 is 2.94 bits per heavy atom. The van der Waals surface area contributed by atoms with Gasteiger partial charge in [0.15, 0.2) is 0 Å². The van der Waals surface area contributed by atoms with Crippen molar-refractivity contribution < 1.29 is 0 Å². The lowest BCUT2D eigenvalue weighted by Gasteiger charge is -2.07. The van der Waals surface area contributed by atoms with Gasteiger partial charge in [-0.3, -0.25) is 5.10 Å². The second kappa shape index (κ2) is 2.30. The molecular weight excluding hydrogens is 198 g/mol. The summed E-state index contributed by atoms with van der Waals surface area (Å²) in [5.41, 5.74) is 2.36. The van der Waals surface area contributed by atoms with Gasteiger partial charge in [0.05, 0.1) is 23.2 Å². The molecule has 0 aliphatic heterocycles. The topological polar surface area (TPSA) is 52.5 Å². The summed E-state index contributed by atoms with van der Waals surface area (Å²) in [6.07, 6.45) is 5.32. The molecule has 3 nitrogen and oxygen atoms in total. The van der Waals surface area contributed by atoms with Crippen molar-refractivity contribution in [2.24, 2.45) is 5.41 Å². The molecule has 0 saturated heterocycles. The average Bonchev–Trinajstić information content (AvgIpc) is 3.17. The SMILES string of the molecule is N#CC1(c2ccc3cn[nH]c3c2)CC12CC2. The largest absolute Gasteiger partial charge is 0.278 e. The number of nitrogens with zero attached hydrogens (tertiary/aromatic N) is 2. The zero-order valence-corrected chi connectivity index (χ0v) is 8.83. The van der Waals surface area contributed by atoms with E-state index in [-0.39, 0.29) is 5.41 Å². The Morgan fingerprint density at radius 2 is 2.25 bits per heavy atom. The Balaban J connectivity index is 1.91. The molecule has 0 bridgehead atoms. The molecule has 0 radical (unpaired) electrons. The van der Waals surface area contributed by atoms with Crippen LogP contribution in [-0.4, -0.2) is 10.2 Å². The highest BCUT2D eigenvalue weighted by atomic mass is 15.1. The molecule has 1 unspecified atom stereocenters. The Labute approximate surface area is 93.1 Å². The molecule has 0 amide bonds. The number of aromatic amines is 1. The van der Waals surface area contributed by atoms with E-state index in [9.17, 15) is 5.26 Å². The molecule has 4 rings (SSSR count). The van der Waals surface area contributed by atoms with Gasteiger partial charge in [0.2, 0.25) is 0 Å². The zero-order chi connectivity index (χ0) is 10.8. The highest BCUT2D eigenvalue weighted by molar-refractivity contribution is 5.79. The first-order valence-electron chi connectivity index (χ1n) is 5.65. The minimum atomic E-state index is -0.188. The fraction of sp³-hybridized carbons (Fsp3) is 0.385. The molecule has 2 aliphatic rings. The van der Waals surface area contributed by atoms with Crippen molar-refractivity contribution in [2.45, 2.75) is 24.7 Å². The first-order chi connectivity index (χ1) is 7.80. The average molecular weight is 209 g/mol. The monoisotopic (exact) mass is 209 g/mol. The third-order valence-corrected chi connectivity index (χ3v) is 4.36. The van der Waals surface area contributed by atoms with Gasteiger partial charge in [-0.05, 0) is 36.3 Å². The summed E-state index contributed by atoms with van der Waals surface area (Å²) in [5.74, 6) is 0. The van der Waals surface area contributed by atoms with E-state index in [1.54, 1.807) is 0 Å². The van der Waals surface area contributed by atoms with Crippen LogP contribution in [0.4, 0.5) is 0 Å². The molecule has 3 heteroatoms. The van der Waals surface area contributed by atoms with Gasteiger partial charge in [-0.25, -0.2) is 0 Å². The molecule has 1 aromatic heterocycles. The molecule has 1 spiro atoms. The highest BCUT2D eigenvalue weighted by Crippen LogP contribution is 2.78. The Morgan fingerprint density at radius 1 is 1.38 bits per heavy atom. The van der Waals surface area contributed by atoms with Crippen LogP contribution >= 0.6 is 0 Å². The minimum absolute atomic E-state index is 0.188. The number of benzene rings is 1. The molecule has 1 aromatic carbocycles. The Hall–Kier alpha value is -1.82. The molecule has 1 N–H and O–H groups in total. The van der Waals surface area contributed by atoms with Crippen LogP contribution in [0.5, 0.6) is 0 Å². The lowest BCUT2D eigenvalue weighted by molar-refractivity contribution is 0.738. The fourth-order valence-corrected chi connectivity index (χ4v) is 3.05. The standard InChI is InChI=1S/C13H11N3/c14-8-13(7-12(13)3-4-12)10-2-1-9-6-15-16-11(9)5-10/h1-2,5-6H,3-4,7H2,(H,15,16). The van der Waals surface area contributed by atoms with Gasteiger partial charge in [-0.2, -0.15) is 10.4 Å². The molecular formula is C13H11N3. The molecule has 1 heterocycles. The zero-order valence-electron chi connectivity index (χ0n) is 8.83. The second-order valence-corrected chi connectivity index (χ2v) is 5.15. The number of nitrogens with one attached hydrogen (secondary N) is 1. The third kappa shape index (κ3) is 0.780. The van der Waals surface area contributed by atoms with Gasteiger partial charge in [-0.1, -0.05) is 12.1 Å². The van der Waals surface area contributed by atoms with E-state index in [2.05, 4.69) is 34.5 Å². The van der Waals surface area contributed by atoms with E-state index >= 15 is 0 Å². The lowest BCUT2D eigenvalue weighted by atomic mass is 9.93. The van der Waals surface area contributed by atoms with Gasteiger partial charge in [0.25, 0.3) is 0 Å². The van der Waals surface area contributed by atoms with Crippen LogP contribution in [0.2, 0.25) is 0 Å². The number of aromatic nitrogens is 2. The molecule has 2 aromatic rings. The van der Waals surface area contributed by atoms with Crippen LogP contribution in [0, 0.1) is 16.7 Å². The van der Waals surface area contributed by atoms with E-state index in [0.717, 1.165) is 17.3 Å². The smallest absolute Gasteiger partial charge is 0.0885 e. The summed E-state index contributed by atoms with van der Waals surface area (Å²) in [5, 5.41) is 17.5. The number of nitriles is 1. The highest BCUT2D eigenvalue weighted by Gasteiger charge is 2.75. The van der Waals surface area contributed by atoms with Crippen LogP contribution in [0.25, 0.3) is 10.9 Å². The van der Waals surface area contributed by atoms with E-state index in [4.69, 9.17) is 0 Å². The maximum atomic E-state index is 9.43. The van der Waals surface area contributed by atoms with E-state index in [0.29, 0.717) is 5.41 Å². The number of rotatable bonds is 1. The molecule has 16 heavy (non-hydrogen) atoms. The van der Waals surface area contributed by atoms with Crippen LogP contribution in [0.15, 0.2) is 24.4 Å². The normalized spacial score (nSPS) is 29.2. The molecule has 2 aliphatic carbocycles. The van der Waals surface area contributed by atoms with Crippen LogP contribution in [-0.2, 0) is 5.41 Å². The van der Waals surface area contributed by atoms with Crippen LogP contribution in [0.1, 0.15) is 24.8 Å². The van der Waals surface area contributed by atoms with Gasteiger partial charge in [0, 0.05) is 5.39 Å². The predicted octanol–water partition coefficient (Wildman–Crippen LogP) is 2.51. The quantitative estimate of drug-likeness (QED) is 0.784. The van der Waals surface area contributed by atoms with E-state index in [1.165, 1.54) is 18.4 Å². The van der Waals surface area contributed by atoms with Crippen molar-refractivity contribution in [2.75, 3.05) is 0 Å². The summed E-state index contributed by atoms with van der Waals surface area (Å²) in [7, 11) is 0. The summed E-state index contributed by atoms with van der Waals surface area (Å²) < 4.78 is 0. The summed E-state index contributed by atoms with van der Waals surface area (Å²) >= 11 is 0. The van der Waals surface area contributed by atoms with Gasteiger partial charge < -0.3 is 0 Å². The Bertz CT molecular complexity index is 630. The van der Waals surface area contributed by atoms with Gasteiger partial charge in [-0.15, -0.1) is 0 Å². The first-order valence-corrected chi connectivity index (χ1v) is 5.65. The molecule has 78 valence electrons. The van der Waals surface area contributed by atoms with Crippen molar-refractivity contribution >= 4 is 10.9 Å². The van der Waals surface area contributed by atoms with Crippen molar-refractivity contribution in [3.8, 4) is 6.07 Å². The lowest BCUT2D eigenvalue weighted by Crippen LogP contribution is -2.07. The number of fused-ring (bicyclic) bond motifs is 1. The minimum Gasteiger partial charge on any atom is -0.278 e. The van der Waals surface area contributed by atoms with Crippen LogP contribution in [0.3, 0.4) is 0 Å². The first kappa shape index (κ1) is 8.35. The van der Waals surface area contributed by atoms with Gasteiger partial charge >= 0.3 is 0 Å². The van der Waals surface area contributed by atoms with Crippen molar-refractivity contribution in [1.29, 1.82) is 5.26 Å². The van der Waals surface area contributed by atoms with Crippen molar-refractivity contribution in [3.63, 3.8) is 0 Å². The molecule has 2 fully saturated rings. The second-order valence-electron chi connectivity index (χ2n) is 5.15. The third-order valence-electron chi connectivity index (χ3n) is 4.36.